The van der Waals surface area contributed by atoms with Crippen LogP contribution in [0.3, 0.4) is 0 Å². The van der Waals surface area contributed by atoms with Crippen molar-refractivity contribution in [2.45, 2.75) is 18.8 Å². The molecule has 0 unspecified atom stereocenters. The van der Waals surface area contributed by atoms with E-state index in [9.17, 15) is 4.79 Å². The van der Waals surface area contributed by atoms with E-state index in [0.29, 0.717) is 11.5 Å². The first kappa shape index (κ1) is 13.1. The molecule has 1 aliphatic heterocycles. The summed E-state index contributed by atoms with van der Waals surface area (Å²) in [5.41, 5.74) is 2.37. The average Bonchev–Trinajstić information content (AvgIpc) is 2.90. The molecule has 2 heterocycles. The van der Waals surface area contributed by atoms with Crippen molar-refractivity contribution < 1.29 is 9.53 Å². The first-order valence-corrected chi connectivity index (χ1v) is 6.94. The first-order valence-electron chi connectivity index (χ1n) is 6.94. The quantitative estimate of drug-likeness (QED) is 0.852. The highest BCUT2D eigenvalue weighted by Crippen LogP contribution is 2.27. The summed E-state index contributed by atoms with van der Waals surface area (Å²) in [6.45, 7) is 2.21. The smallest absolute Gasteiger partial charge is 0.337 e. The molecule has 5 heteroatoms. The molecule has 0 bridgehead atoms. The number of esters is 1. The van der Waals surface area contributed by atoms with Crippen LogP contribution in [0, 0.1) is 0 Å². The second-order valence-corrected chi connectivity index (χ2v) is 5.42. The number of benzene rings is 1. The van der Waals surface area contributed by atoms with E-state index in [1.165, 1.54) is 7.11 Å². The van der Waals surface area contributed by atoms with Gasteiger partial charge in [0.2, 0.25) is 0 Å². The van der Waals surface area contributed by atoms with Crippen LogP contribution in [0.25, 0.3) is 11.0 Å². The Bertz CT molecular complexity index is 627. The molecule has 2 aromatic rings. The largest absolute Gasteiger partial charge is 0.465 e. The van der Waals surface area contributed by atoms with Crippen molar-refractivity contribution in [3.8, 4) is 0 Å². The van der Waals surface area contributed by atoms with Crippen LogP contribution < -0.4 is 0 Å². The van der Waals surface area contributed by atoms with Crippen molar-refractivity contribution in [2.24, 2.45) is 0 Å². The van der Waals surface area contributed by atoms with Crippen LogP contribution >= 0.6 is 0 Å². The average molecular weight is 273 g/mol. The molecule has 0 spiro atoms. The van der Waals surface area contributed by atoms with Crippen molar-refractivity contribution in [3.05, 3.63) is 29.6 Å². The number of hydrogen-bond acceptors (Lipinski definition) is 4. The van der Waals surface area contributed by atoms with E-state index in [1.807, 2.05) is 12.1 Å². The van der Waals surface area contributed by atoms with E-state index in [2.05, 4.69) is 21.9 Å². The maximum atomic E-state index is 11.5. The molecule has 1 fully saturated rings. The van der Waals surface area contributed by atoms with Crippen LogP contribution in [0.15, 0.2) is 18.2 Å². The van der Waals surface area contributed by atoms with Gasteiger partial charge >= 0.3 is 5.97 Å². The van der Waals surface area contributed by atoms with E-state index in [4.69, 9.17) is 4.74 Å². The Kier molecular flexibility index (Phi) is 3.44. The van der Waals surface area contributed by atoms with Gasteiger partial charge in [-0.1, -0.05) is 0 Å². The van der Waals surface area contributed by atoms with Crippen LogP contribution in [0.1, 0.15) is 34.9 Å². The van der Waals surface area contributed by atoms with E-state index < -0.39 is 0 Å². The zero-order valence-electron chi connectivity index (χ0n) is 11.8. The van der Waals surface area contributed by atoms with Crippen molar-refractivity contribution in [1.29, 1.82) is 0 Å². The third kappa shape index (κ3) is 2.41. The molecule has 0 radical (unpaired) electrons. The molecule has 3 rings (SSSR count). The third-order valence-electron chi connectivity index (χ3n) is 4.03. The van der Waals surface area contributed by atoms with E-state index in [-0.39, 0.29) is 5.97 Å². The number of aromatic amines is 1. The number of H-pyrrole nitrogens is 1. The normalized spacial score (nSPS) is 17.5. The molecular weight excluding hydrogens is 254 g/mol. The Morgan fingerprint density at radius 1 is 1.40 bits per heavy atom. The molecule has 1 aromatic carbocycles. The van der Waals surface area contributed by atoms with Crippen LogP contribution in [0.4, 0.5) is 0 Å². The van der Waals surface area contributed by atoms with Crippen LogP contribution in [-0.4, -0.2) is 48.1 Å². The number of likely N-dealkylation sites (tertiary alicyclic amines) is 1. The van der Waals surface area contributed by atoms with Gasteiger partial charge in [0.15, 0.2) is 0 Å². The number of imidazole rings is 1. The summed E-state index contributed by atoms with van der Waals surface area (Å²) in [7, 11) is 3.54. The second-order valence-electron chi connectivity index (χ2n) is 5.42. The molecule has 106 valence electrons. The summed E-state index contributed by atoms with van der Waals surface area (Å²) < 4.78 is 4.74. The zero-order valence-corrected chi connectivity index (χ0v) is 11.8. The predicted octanol–water partition coefficient (Wildman–Crippen LogP) is 2.16. The van der Waals surface area contributed by atoms with Crippen LogP contribution in [0.2, 0.25) is 0 Å². The maximum Gasteiger partial charge on any atom is 0.337 e. The molecule has 1 aliphatic rings. The number of nitrogens with zero attached hydrogens (tertiary/aromatic N) is 2. The standard InChI is InChI=1S/C15H19N3O2/c1-18-7-5-10(6-8-18)14-16-12-4-3-11(15(19)20-2)9-13(12)17-14/h3-4,9-10H,5-8H2,1-2H3,(H,16,17). The van der Waals surface area contributed by atoms with Gasteiger partial charge in [0.25, 0.3) is 0 Å². The number of ether oxygens (including phenoxy) is 1. The lowest BCUT2D eigenvalue weighted by molar-refractivity contribution is 0.0601. The van der Waals surface area contributed by atoms with Crippen molar-refractivity contribution in [3.63, 3.8) is 0 Å². The molecular formula is C15H19N3O2. The number of piperidine rings is 1. The summed E-state index contributed by atoms with van der Waals surface area (Å²) in [4.78, 5) is 21.9. The Morgan fingerprint density at radius 2 is 2.15 bits per heavy atom. The van der Waals surface area contributed by atoms with Crippen LogP contribution in [-0.2, 0) is 4.74 Å². The Balaban J connectivity index is 1.88. The number of rotatable bonds is 2. The fourth-order valence-electron chi connectivity index (χ4n) is 2.75. The zero-order chi connectivity index (χ0) is 14.1. The lowest BCUT2D eigenvalue weighted by Gasteiger charge is -2.27. The number of methoxy groups -OCH3 is 1. The van der Waals surface area contributed by atoms with E-state index >= 15 is 0 Å². The van der Waals surface area contributed by atoms with Crippen LogP contribution in [0.5, 0.6) is 0 Å². The number of fused-ring (bicyclic) bond motifs is 1. The first-order chi connectivity index (χ1) is 9.67. The number of hydrogen-bond donors (Lipinski definition) is 1. The second kappa shape index (κ2) is 5.25. The Morgan fingerprint density at radius 3 is 2.85 bits per heavy atom. The number of carbonyl (C=O) groups excluding carboxylic acids is 1. The predicted molar refractivity (Wildman–Crippen MR) is 76.9 cm³/mol. The van der Waals surface area contributed by atoms with Gasteiger partial charge < -0.3 is 14.6 Å². The molecule has 20 heavy (non-hydrogen) atoms. The third-order valence-corrected chi connectivity index (χ3v) is 4.03. The van der Waals surface area contributed by atoms with Gasteiger partial charge in [-0.2, -0.15) is 0 Å². The number of aromatic nitrogens is 2. The summed E-state index contributed by atoms with van der Waals surface area (Å²) in [6.07, 6.45) is 2.25. The van der Waals surface area contributed by atoms with Crippen molar-refractivity contribution in [1.82, 2.24) is 14.9 Å². The Labute approximate surface area is 117 Å². The van der Waals surface area contributed by atoms with Crippen molar-refractivity contribution in [2.75, 3.05) is 27.2 Å². The van der Waals surface area contributed by atoms with E-state index in [1.54, 1.807) is 6.07 Å². The fraction of sp³-hybridized carbons (Fsp3) is 0.467. The molecule has 0 aliphatic carbocycles. The topological polar surface area (TPSA) is 58.2 Å². The number of nitrogens with one attached hydrogen (secondary N) is 1. The van der Waals surface area contributed by atoms with Gasteiger partial charge in [0.05, 0.1) is 23.7 Å². The lowest BCUT2D eigenvalue weighted by atomic mass is 9.97. The highest BCUT2D eigenvalue weighted by atomic mass is 16.5. The molecule has 1 N–H and O–H groups in total. The highest BCUT2D eigenvalue weighted by molar-refractivity contribution is 5.93. The minimum absolute atomic E-state index is 0.317. The fourth-order valence-corrected chi connectivity index (χ4v) is 2.75. The van der Waals surface area contributed by atoms with Gasteiger partial charge in [-0.25, -0.2) is 9.78 Å². The van der Waals surface area contributed by atoms with E-state index in [0.717, 1.165) is 42.8 Å². The Hall–Kier alpha value is -1.88. The van der Waals surface area contributed by atoms with Gasteiger partial charge in [0.1, 0.15) is 5.82 Å². The minimum Gasteiger partial charge on any atom is -0.465 e. The molecule has 0 amide bonds. The molecule has 0 atom stereocenters. The number of carbonyl (C=O) groups is 1. The molecule has 1 aromatic heterocycles. The summed E-state index contributed by atoms with van der Waals surface area (Å²) in [5.74, 6) is 1.21. The van der Waals surface area contributed by atoms with Gasteiger partial charge in [0, 0.05) is 5.92 Å². The van der Waals surface area contributed by atoms with Gasteiger partial charge in [-0.3, -0.25) is 0 Å². The molecule has 0 saturated carbocycles. The minimum atomic E-state index is -0.317. The maximum absolute atomic E-state index is 11.5. The van der Waals surface area contributed by atoms with Gasteiger partial charge in [-0.15, -0.1) is 0 Å². The van der Waals surface area contributed by atoms with Crippen molar-refractivity contribution >= 4 is 17.0 Å². The van der Waals surface area contributed by atoms with Gasteiger partial charge in [-0.05, 0) is 51.2 Å². The summed E-state index contributed by atoms with van der Waals surface area (Å²) >= 11 is 0. The SMILES string of the molecule is COC(=O)c1ccc2nc(C3CCN(C)CC3)[nH]c2c1. The highest BCUT2D eigenvalue weighted by Gasteiger charge is 2.21. The molecule has 5 nitrogen and oxygen atoms in total. The lowest BCUT2D eigenvalue weighted by Crippen LogP contribution is -2.29. The summed E-state index contributed by atoms with van der Waals surface area (Å²) in [6, 6.07) is 5.44. The molecule has 1 saturated heterocycles. The monoisotopic (exact) mass is 273 g/mol. The summed E-state index contributed by atoms with van der Waals surface area (Å²) in [5, 5.41) is 0.